The lowest BCUT2D eigenvalue weighted by molar-refractivity contribution is -0.185. The number of benzene rings is 1. The molecular formula is C17H18BrF3N4O. The number of amides is 1. The van der Waals surface area contributed by atoms with Gasteiger partial charge >= 0.3 is 6.18 Å². The number of hydrogen-bond acceptors (Lipinski definition) is 3. The molecule has 3 rings (SSSR count). The normalized spacial score (nSPS) is 20.8. The lowest BCUT2D eigenvalue weighted by Gasteiger charge is -2.29. The van der Waals surface area contributed by atoms with E-state index >= 15 is 0 Å². The summed E-state index contributed by atoms with van der Waals surface area (Å²) in [5, 5.41) is 6.71. The Hall–Kier alpha value is -1.90. The minimum absolute atomic E-state index is 0.0906. The number of carbonyl (C=O) groups excluding carboxylic acids is 1. The molecule has 1 aliphatic carbocycles. The van der Waals surface area contributed by atoms with Gasteiger partial charge in [-0.05, 0) is 37.0 Å². The minimum Gasteiger partial charge on any atom is -0.293 e. The van der Waals surface area contributed by atoms with E-state index in [1.807, 2.05) is 24.3 Å². The maximum atomic E-state index is 12.9. The summed E-state index contributed by atoms with van der Waals surface area (Å²) in [4.78, 5) is 16.3. The van der Waals surface area contributed by atoms with Crippen molar-refractivity contribution in [2.24, 2.45) is 11.8 Å². The van der Waals surface area contributed by atoms with Crippen molar-refractivity contribution in [3.05, 3.63) is 40.6 Å². The average Bonchev–Trinajstić information content (AvgIpc) is 3.03. The summed E-state index contributed by atoms with van der Waals surface area (Å²) < 4.78 is 41.2. The van der Waals surface area contributed by atoms with Gasteiger partial charge in [-0.15, -0.1) is 5.10 Å². The van der Waals surface area contributed by atoms with Crippen LogP contribution in [0.5, 0.6) is 0 Å². The Balaban J connectivity index is 1.58. The van der Waals surface area contributed by atoms with Crippen LogP contribution in [0.25, 0.3) is 0 Å². The van der Waals surface area contributed by atoms with Gasteiger partial charge < -0.3 is 0 Å². The Labute approximate surface area is 157 Å². The molecule has 26 heavy (non-hydrogen) atoms. The lowest BCUT2D eigenvalue weighted by atomic mass is 9.80. The van der Waals surface area contributed by atoms with Gasteiger partial charge in [-0.2, -0.15) is 13.2 Å². The standard InChI is InChI=1S/C17H18BrF3N4O/c18-14-6-4-11(5-7-14)9-25-10-22-16(24-25)23-15(26)12-2-1-3-13(8-12)17(19,20)21/h4-7,10,12-13H,1-3,8-9H2,(H,23,24,26). The Morgan fingerprint density at radius 3 is 2.69 bits per heavy atom. The number of hydrogen-bond donors (Lipinski definition) is 1. The summed E-state index contributed by atoms with van der Waals surface area (Å²) in [6.45, 7) is 0.482. The summed E-state index contributed by atoms with van der Waals surface area (Å²) >= 11 is 3.36. The molecule has 1 saturated carbocycles. The molecule has 5 nitrogen and oxygen atoms in total. The first kappa shape index (κ1) is 18.9. The maximum Gasteiger partial charge on any atom is 0.391 e. The molecule has 1 aliphatic rings. The predicted molar refractivity (Wildman–Crippen MR) is 93.4 cm³/mol. The first-order valence-corrected chi connectivity index (χ1v) is 9.12. The molecule has 2 aromatic rings. The molecular weight excluding hydrogens is 413 g/mol. The second-order valence-corrected chi connectivity index (χ2v) is 7.40. The fourth-order valence-electron chi connectivity index (χ4n) is 3.14. The van der Waals surface area contributed by atoms with Crippen molar-refractivity contribution in [1.82, 2.24) is 14.8 Å². The summed E-state index contributed by atoms with van der Waals surface area (Å²) in [5.41, 5.74) is 1.01. The van der Waals surface area contributed by atoms with Crippen LogP contribution in [0.3, 0.4) is 0 Å². The maximum absolute atomic E-state index is 12.9. The van der Waals surface area contributed by atoms with Crippen molar-refractivity contribution in [2.75, 3.05) is 5.32 Å². The predicted octanol–water partition coefficient (Wildman–Crippen LogP) is 4.40. The van der Waals surface area contributed by atoms with E-state index in [-0.39, 0.29) is 18.8 Å². The zero-order chi connectivity index (χ0) is 18.7. The topological polar surface area (TPSA) is 59.8 Å². The number of nitrogens with one attached hydrogen (secondary N) is 1. The fourth-order valence-corrected chi connectivity index (χ4v) is 3.41. The number of anilines is 1. The largest absolute Gasteiger partial charge is 0.391 e. The number of rotatable bonds is 4. The zero-order valence-electron chi connectivity index (χ0n) is 13.8. The number of aromatic nitrogens is 3. The molecule has 1 heterocycles. The van der Waals surface area contributed by atoms with E-state index in [1.54, 1.807) is 4.68 Å². The van der Waals surface area contributed by atoms with Gasteiger partial charge in [0.1, 0.15) is 6.33 Å². The van der Waals surface area contributed by atoms with Crippen molar-refractivity contribution < 1.29 is 18.0 Å². The van der Waals surface area contributed by atoms with Gasteiger partial charge in [-0.3, -0.25) is 10.1 Å². The number of halogens is 4. The molecule has 140 valence electrons. The second kappa shape index (κ2) is 7.77. The molecule has 1 fully saturated rings. The van der Waals surface area contributed by atoms with Crippen molar-refractivity contribution >= 4 is 27.8 Å². The molecule has 1 aromatic carbocycles. The van der Waals surface area contributed by atoms with Crippen LogP contribution in [-0.4, -0.2) is 26.8 Å². The first-order chi connectivity index (χ1) is 12.3. The van der Waals surface area contributed by atoms with Crippen LogP contribution >= 0.6 is 15.9 Å². The molecule has 0 spiro atoms. The molecule has 9 heteroatoms. The van der Waals surface area contributed by atoms with Gasteiger partial charge in [-0.1, -0.05) is 34.5 Å². The van der Waals surface area contributed by atoms with Crippen LogP contribution < -0.4 is 5.32 Å². The molecule has 0 bridgehead atoms. The van der Waals surface area contributed by atoms with Gasteiger partial charge in [0.05, 0.1) is 12.5 Å². The molecule has 0 aliphatic heterocycles. The van der Waals surface area contributed by atoms with Gasteiger partial charge in [0.15, 0.2) is 0 Å². The smallest absolute Gasteiger partial charge is 0.293 e. The number of alkyl halides is 3. The van der Waals surface area contributed by atoms with Crippen molar-refractivity contribution in [2.45, 2.75) is 38.4 Å². The van der Waals surface area contributed by atoms with Crippen molar-refractivity contribution in [3.8, 4) is 0 Å². The van der Waals surface area contributed by atoms with Crippen LogP contribution in [0.2, 0.25) is 0 Å². The molecule has 2 unspecified atom stereocenters. The van der Waals surface area contributed by atoms with E-state index in [2.05, 4.69) is 31.3 Å². The third kappa shape index (κ3) is 4.84. The lowest BCUT2D eigenvalue weighted by Crippen LogP contribution is -2.34. The van der Waals surface area contributed by atoms with Crippen LogP contribution in [-0.2, 0) is 11.3 Å². The summed E-state index contributed by atoms with van der Waals surface area (Å²) in [6, 6.07) is 7.69. The van der Waals surface area contributed by atoms with E-state index in [1.165, 1.54) is 6.33 Å². The zero-order valence-corrected chi connectivity index (χ0v) is 15.4. The second-order valence-electron chi connectivity index (χ2n) is 6.48. The minimum atomic E-state index is -4.25. The Morgan fingerprint density at radius 1 is 1.27 bits per heavy atom. The first-order valence-electron chi connectivity index (χ1n) is 8.33. The Morgan fingerprint density at radius 2 is 2.00 bits per heavy atom. The molecule has 0 saturated heterocycles. The number of nitrogens with zero attached hydrogens (tertiary/aromatic N) is 3. The van der Waals surface area contributed by atoms with Gasteiger partial charge in [-0.25, -0.2) is 9.67 Å². The van der Waals surface area contributed by atoms with Gasteiger partial charge in [0, 0.05) is 10.4 Å². The van der Waals surface area contributed by atoms with Crippen LogP contribution in [0.1, 0.15) is 31.2 Å². The van der Waals surface area contributed by atoms with Crippen LogP contribution in [0.4, 0.5) is 19.1 Å². The highest BCUT2D eigenvalue weighted by molar-refractivity contribution is 9.10. The van der Waals surface area contributed by atoms with Crippen LogP contribution in [0.15, 0.2) is 35.1 Å². The SMILES string of the molecule is O=C(Nc1ncn(Cc2ccc(Br)cc2)n1)C1CCCC(C(F)(F)F)C1. The van der Waals surface area contributed by atoms with E-state index in [9.17, 15) is 18.0 Å². The molecule has 1 aromatic heterocycles. The fraction of sp³-hybridized carbons (Fsp3) is 0.471. The Kier molecular flexibility index (Phi) is 5.64. The molecule has 0 radical (unpaired) electrons. The Bertz CT molecular complexity index is 760. The van der Waals surface area contributed by atoms with E-state index in [0.717, 1.165) is 10.0 Å². The molecule has 1 N–H and O–H groups in total. The summed E-state index contributed by atoms with van der Waals surface area (Å²) in [5.74, 6) is -2.40. The van der Waals surface area contributed by atoms with Gasteiger partial charge in [0.25, 0.3) is 0 Å². The monoisotopic (exact) mass is 430 g/mol. The van der Waals surface area contributed by atoms with Crippen molar-refractivity contribution in [3.63, 3.8) is 0 Å². The molecule has 2 atom stereocenters. The number of carbonyl (C=O) groups is 1. The van der Waals surface area contributed by atoms with Crippen molar-refractivity contribution in [1.29, 1.82) is 0 Å². The third-order valence-corrected chi connectivity index (χ3v) is 5.07. The third-order valence-electron chi connectivity index (χ3n) is 4.54. The highest BCUT2D eigenvalue weighted by atomic mass is 79.9. The van der Waals surface area contributed by atoms with E-state index < -0.39 is 23.9 Å². The van der Waals surface area contributed by atoms with E-state index in [4.69, 9.17) is 0 Å². The van der Waals surface area contributed by atoms with Crippen LogP contribution in [0, 0.1) is 11.8 Å². The average molecular weight is 431 g/mol. The van der Waals surface area contributed by atoms with Gasteiger partial charge in [0.2, 0.25) is 11.9 Å². The highest BCUT2D eigenvalue weighted by Crippen LogP contribution is 2.40. The van der Waals surface area contributed by atoms with E-state index in [0.29, 0.717) is 19.4 Å². The summed E-state index contributed by atoms with van der Waals surface area (Å²) in [7, 11) is 0. The molecule has 1 amide bonds. The summed E-state index contributed by atoms with van der Waals surface area (Å²) in [6.07, 6.45) is -1.99. The highest BCUT2D eigenvalue weighted by Gasteiger charge is 2.43. The quantitative estimate of drug-likeness (QED) is 0.781.